The number of fused-ring (bicyclic) bond motifs is 1. The molecular formula is C25H29NO3. The van der Waals surface area contributed by atoms with Crippen LogP contribution in [0.2, 0.25) is 0 Å². The first-order valence-electron chi connectivity index (χ1n) is 10.5. The summed E-state index contributed by atoms with van der Waals surface area (Å²) >= 11 is 0. The van der Waals surface area contributed by atoms with Gasteiger partial charge >= 0.3 is 0 Å². The summed E-state index contributed by atoms with van der Waals surface area (Å²) in [6.45, 7) is 2.21. The van der Waals surface area contributed by atoms with Crippen LogP contribution in [-0.4, -0.2) is 24.2 Å². The summed E-state index contributed by atoms with van der Waals surface area (Å²) in [6.07, 6.45) is 7.42. The number of carbonyl (C=O) groups is 1. The summed E-state index contributed by atoms with van der Waals surface area (Å²) in [6, 6.07) is 15.2. The average Bonchev–Trinajstić information content (AvgIpc) is 3.28. The minimum absolute atomic E-state index is 0.338. The number of amides is 1. The summed E-state index contributed by atoms with van der Waals surface area (Å²) in [5, 5.41) is 14.7. The molecule has 4 rings (SSSR count). The van der Waals surface area contributed by atoms with Crippen molar-refractivity contribution in [3.8, 4) is 0 Å². The molecule has 0 spiro atoms. The number of nitrogens with one attached hydrogen (secondary N) is 1. The summed E-state index contributed by atoms with van der Waals surface area (Å²) in [5.74, 6) is 0.324. The van der Waals surface area contributed by atoms with Crippen molar-refractivity contribution in [3.63, 3.8) is 0 Å². The lowest BCUT2D eigenvalue weighted by Gasteiger charge is -2.40. The second kappa shape index (κ2) is 8.13. The predicted molar refractivity (Wildman–Crippen MR) is 116 cm³/mol. The van der Waals surface area contributed by atoms with E-state index in [2.05, 4.69) is 18.3 Å². The van der Waals surface area contributed by atoms with Crippen molar-refractivity contribution < 1.29 is 14.6 Å². The monoisotopic (exact) mass is 391 g/mol. The van der Waals surface area contributed by atoms with Gasteiger partial charge in [-0.2, -0.15) is 0 Å². The lowest BCUT2D eigenvalue weighted by molar-refractivity contribution is -0.142. The van der Waals surface area contributed by atoms with Crippen molar-refractivity contribution in [1.29, 1.82) is 0 Å². The number of anilines is 1. The molecule has 4 nitrogen and oxygen atoms in total. The molecule has 0 saturated heterocycles. The van der Waals surface area contributed by atoms with E-state index in [0.717, 1.165) is 12.0 Å². The summed E-state index contributed by atoms with van der Waals surface area (Å²) in [5.41, 5.74) is 2.92. The second-order valence-corrected chi connectivity index (χ2v) is 8.10. The Hall–Kier alpha value is -2.43. The maximum Gasteiger partial charge on any atom is 0.257 e. The van der Waals surface area contributed by atoms with Gasteiger partial charge in [-0.3, -0.25) is 4.79 Å². The summed E-state index contributed by atoms with van der Waals surface area (Å²) < 4.78 is 5.48. The zero-order chi connectivity index (χ0) is 20.4. The molecule has 1 fully saturated rings. The van der Waals surface area contributed by atoms with Crippen molar-refractivity contribution in [2.75, 3.05) is 12.4 Å². The fraction of sp³-hybridized carbons (Fsp3) is 0.400. The number of benzene rings is 2. The molecule has 2 aromatic carbocycles. The number of hydrogen-bond donors (Lipinski definition) is 2. The Bertz CT molecular complexity index is 915. The second-order valence-electron chi connectivity index (χ2n) is 8.10. The molecule has 1 amide bonds. The molecule has 2 aromatic rings. The molecule has 1 saturated carbocycles. The number of rotatable bonds is 5. The van der Waals surface area contributed by atoms with Crippen LogP contribution in [0.5, 0.6) is 0 Å². The van der Waals surface area contributed by atoms with Crippen molar-refractivity contribution in [2.45, 2.75) is 50.7 Å². The van der Waals surface area contributed by atoms with Crippen molar-refractivity contribution >= 4 is 17.7 Å². The number of ether oxygens (including phenoxy) is 1. The molecule has 2 unspecified atom stereocenters. The molecule has 2 aliphatic rings. The van der Waals surface area contributed by atoms with Crippen LogP contribution in [0.25, 0.3) is 6.08 Å². The van der Waals surface area contributed by atoms with Gasteiger partial charge in [0.05, 0.1) is 0 Å². The molecule has 2 atom stereocenters. The number of hydrogen-bond acceptors (Lipinski definition) is 3. The lowest BCUT2D eigenvalue weighted by Crippen LogP contribution is -2.52. The van der Waals surface area contributed by atoms with E-state index >= 15 is 0 Å². The molecular weight excluding hydrogens is 362 g/mol. The van der Waals surface area contributed by atoms with Crippen molar-refractivity contribution in [1.82, 2.24) is 0 Å². The Morgan fingerprint density at radius 1 is 1.21 bits per heavy atom. The minimum atomic E-state index is -1.54. The van der Waals surface area contributed by atoms with Gasteiger partial charge < -0.3 is 15.2 Å². The predicted octanol–water partition coefficient (Wildman–Crippen LogP) is 4.87. The normalized spacial score (nSPS) is 25.0. The van der Waals surface area contributed by atoms with Crippen LogP contribution in [0.15, 0.2) is 54.1 Å². The van der Waals surface area contributed by atoms with E-state index in [1.165, 1.54) is 38.4 Å². The highest BCUT2D eigenvalue weighted by molar-refractivity contribution is 5.99. The lowest BCUT2D eigenvalue weighted by atomic mass is 9.77. The third-order valence-corrected chi connectivity index (χ3v) is 6.42. The van der Waals surface area contributed by atoms with E-state index < -0.39 is 11.7 Å². The third-order valence-electron chi connectivity index (χ3n) is 6.42. The standard InChI is InChI=1S/C25H29NO3/c1-3-18(19-9-7-8-10-19)15-17-13-14-22-21(16-17)25(28,20-11-5-4-6-12-20)23(29-2)24(27)26-22/h4-6,11-16,19,23,28H,3,7-10H2,1-2H3,(H,26,27). The van der Waals surface area contributed by atoms with Gasteiger partial charge in [0.15, 0.2) is 11.7 Å². The highest BCUT2D eigenvalue weighted by atomic mass is 16.5. The molecule has 2 N–H and O–H groups in total. The zero-order valence-corrected chi connectivity index (χ0v) is 17.2. The number of allylic oxidation sites excluding steroid dienone is 1. The Labute approximate surface area is 172 Å². The molecule has 1 heterocycles. The molecule has 29 heavy (non-hydrogen) atoms. The Kier molecular flexibility index (Phi) is 5.57. The van der Waals surface area contributed by atoms with Gasteiger partial charge in [-0.05, 0) is 48.4 Å². The van der Waals surface area contributed by atoms with Gasteiger partial charge in [-0.15, -0.1) is 0 Å². The van der Waals surface area contributed by atoms with E-state index in [-0.39, 0.29) is 5.91 Å². The first kappa shape index (κ1) is 19.9. The minimum Gasteiger partial charge on any atom is -0.377 e. The first-order valence-corrected chi connectivity index (χ1v) is 10.5. The maximum atomic E-state index is 12.7. The Morgan fingerprint density at radius 3 is 2.59 bits per heavy atom. The van der Waals surface area contributed by atoms with Gasteiger partial charge in [0.25, 0.3) is 5.91 Å². The van der Waals surface area contributed by atoms with Crippen LogP contribution in [0.3, 0.4) is 0 Å². The molecule has 0 bridgehead atoms. The SMILES string of the molecule is CCC(=Cc1ccc2c(c1)C(O)(c1ccccc1)C(OC)C(=O)N2)C1CCCC1. The maximum absolute atomic E-state index is 12.7. The smallest absolute Gasteiger partial charge is 0.257 e. The highest BCUT2D eigenvalue weighted by Gasteiger charge is 2.49. The quantitative estimate of drug-likeness (QED) is 0.764. The number of carbonyl (C=O) groups excluding carboxylic acids is 1. The summed E-state index contributed by atoms with van der Waals surface area (Å²) in [4.78, 5) is 12.7. The molecule has 0 aromatic heterocycles. The van der Waals surface area contributed by atoms with Crippen molar-refractivity contribution in [3.05, 3.63) is 70.8 Å². The van der Waals surface area contributed by atoms with Gasteiger partial charge in [0.2, 0.25) is 0 Å². The highest BCUT2D eigenvalue weighted by Crippen LogP contribution is 2.43. The molecule has 152 valence electrons. The van der Waals surface area contributed by atoms with Crippen LogP contribution < -0.4 is 5.32 Å². The van der Waals surface area contributed by atoms with E-state index in [1.54, 1.807) is 0 Å². The Balaban J connectivity index is 1.83. The van der Waals surface area contributed by atoms with Crippen LogP contribution >= 0.6 is 0 Å². The van der Waals surface area contributed by atoms with Crippen molar-refractivity contribution in [2.24, 2.45) is 5.92 Å². The van der Waals surface area contributed by atoms with E-state index in [9.17, 15) is 9.90 Å². The average molecular weight is 392 g/mol. The molecule has 0 radical (unpaired) electrons. The molecule has 1 aliphatic carbocycles. The number of methoxy groups -OCH3 is 1. The fourth-order valence-electron chi connectivity index (χ4n) is 4.90. The third kappa shape index (κ3) is 3.52. The van der Waals surface area contributed by atoms with Gasteiger partial charge in [0, 0.05) is 18.4 Å². The van der Waals surface area contributed by atoms with Crippen LogP contribution in [0, 0.1) is 5.92 Å². The number of aliphatic hydroxyl groups is 1. The van der Waals surface area contributed by atoms with Crippen LogP contribution in [-0.2, 0) is 15.1 Å². The zero-order valence-electron chi connectivity index (χ0n) is 17.2. The molecule has 1 aliphatic heterocycles. The fourth-order valence-corrected chi connectivity index (χ4v) is 4.90. The van der Waals surface area contributed by atoms with E-state index in [1.807, 2.05) is 48.5 Å². The Morgan fingerprint density at radius 2 is 1.93 bits per heavy atom. The largest absolute Gasteiger partial charge is 0.377 e. The van der Waals surface area contributed by atoms with Crippen LogP contribution in [0.1, 0.15) is 55.7 Å². The molecule has 4 heteroatoms. The van der Waals surface area contributed by atoms with Gasteiger partial charge in [-0.25, -0.2) is 0 Å². The topological polar surface area (TPSA) is 58.6 Å². The first-order chi connectivity index (χ1) is 14.1. The van der Waals surface area contributed by atoms with Gasteiger partial charge in [0.1, 0.15) is 0 Å². The summed E-state index contributed by atoms with van der Waals surface area (Å²) in [7, 11) is 1.46. The van der Waals surface area contributed by atoms with Gasteiger partial charge in [-0.1, -0.05) is 67.8 Å². The van der Waals surface area contributed by atoms with E-state index in [0.29, 0.717) is 22.7 Å². The van der Waals surface area contributed by atoms with Crippen LogP contribution in [0.4, 0.5) is 5.69 Å². The van der Waals surface area contributed by atoms with E-state index in [4.69, 9.17) is 4.74 Å².